The molecule has 0 spiro atoms. The molecule has 0 bridgehead atoms. The molecule has 7 nitrogen and oxygen atoms in total. The molecule has 1 aromatic carbocycles. The second kappa shape index (κ2) is 3.86. The van der Waals surface area contributed by atoms with Gasteiger partial charge in [0.25, 0.3) is 0 Å². The third-order valence-corrected chi connectivity index (χ3v) is 5.35. The van der Waals surface area contributed by atoms with E-state index >= 15 is 0 Å². The summed E-state index contributed by atoms with van der Waals surface area (Å²) in [5.74, 6) is -1.10. The standard InChI is InChI=1S/C12H13NO6S/c1-20(16,17)10-9(12(10,13)11(14)15)6-2-3-7-8(4-6)19-5-18-7/h2-4,9-10H,5,13H2,1H3,(H,14,15)/t9-,10-,12-/m1/s1. The van der Waals surface area contributed by atoms with Gasteiger partial charge in [-0.15, -0.1) is 0 Å². The zero-order chi connectivity index (χ0) is 14.7. The van der Waals surface area contributed by atoms with E-state index in [1.165, 1.54) is 0 Å². The molecule has 1 aromatic rings. The number of fused-ring (bicyclic) bond motifs is 1. The van der Waals surface area contributed by atoms with Crippen LogP contribution in [0.3, 0.4) is 0 Å². The molecule has 3 N–H and O–H groups in total. The predicted octanol–water partition coefficient (Wildman–Crippen LogP) is -0.292. The lowest BCUT2D eigenvalue weighted by molar-refractivity contribution is -0.139. The van der Waals surface area contributed by atoms with Crippen LogP contribution in [0.15, 0.2) is 18.2 Å². The van der Waals surface area contributed by atoms with Crippen molar-refractivity contribution in [3.63, 3.8) is 0 Å². The summed E-state index contributed by atoms with van der Waals surface area (Å²) in [6, 6.07) is 4.83. The van der Waals surface area contributed by atoms with Gasteiger partial charge in [0.15, 0.2) is 21.3 Å². The fourth-order valence-electron chi connectivity index (χ4n) is 2.79. The number of carboxylic acids is 1. The van der Waals surface area contributed by atoms with E-state index in [0.717, 1.165) is 6.26 Å². The Morgan fingerprint density at radius 1 is 1.40 bits per heavy atom. The topological polar surface area (TPSA) is 116 Å². The van der Waals surface area contributed by atoms with Gasteiger partial charge in [-0.05, 0) is 17.7 Å². The number of sulfone groups is 1. The lowest BCUT2D eigenvalue weighted by Gasteiger charge is -2.05. The van der Waals surface area contributed by atoms with Crippen molar-refractivity contribution < 1.29 is 27.8 Å². The first-order valence-corrected chi connectivity index (χ1v) is 7.82. The molecule has 20 heavy (non-hydrogen) atoms. The van der Waals surface area contributed by atoms with Crippen LogP contribution in [0.25, 0.3) is 0 Å². The Morgan fingerprint density at radius 3 is 2.60 bits per heavy atom. The summed E-state index contributed by atoms with van der Waals surface area (Å²) in [7, 11) is -3.57. The first kappa shape index (κ1) is 13.2. The molecule has 1 aliphatic heterocycles. The van der Waals surface area contributed by atoms with Crippen LogP contribution in [0, 0.1) is 0 Å². The van der Waals surface area contributed by atoms with Gasteiger partial charge in [-0.1, -0.05) is 6.07 Å². The SMILES string of the molecule is CS(=O)(=O)[C@@H]1[C@@H](c2ccc3c(c2)OCO3)[C@]1(N)C(=O)O. The van der Waals surface area contributed by atoms with Crippen LogP contribution >= 0.6 is 0 Å². The summed E-state index contributed by atoms with van der Waals surface area (Å²) in [5.41, 5.74) is 4.52. The number of hydrogen-bond donors (Lipinski definition) is 2. The second-order valence-electron chi connectivity index (χ2n) is 5.08. The van der Waals surface area contributed by atoms with Gasteiger partial charge in [0, 0.05) is 12.2 Å². The first-order valence-electron chi connectivity index (χ1n) is 5.87. The molecule has 0 unspecified atom stereocenters. The van der Waals surface area contributed by atoms with Gasteiger partial charge in [0.2, 0.25) is 6.79 Å². The van der Waals surface area contributed by atoms with Crippen molar-refractivity contribution >= 4 is 15.8 Å². The molecule has 2 aliphatic rings. The molecule has 8 heteroatoms. The van der Waals surface area contributed by atoms with Gasteiger partial charge < -0.3 is 20.3 Å². The maximum Gasteiger partial charge on any atom is 0.325 e. The molecule has 0 saturated heterocycles. The summed E-state index contributed by atoms with van der Waals surface area (Å²) in [4.78, 5) is 11.3. The Morgan fingerprint density at radius 2 is 2.05 bits per heavy atom. The number of nitrogens with two attached hydrogens (primary N) is 1. The minimum atomic E-state index is -3.57. The molecule has 0 radical (unpaired) electrons. The lowest BCUT2D eigenvalue weighted by atomic mass is 10.1. The third kappa shape index (κ3) is 1.68. The average molecular weight is 299 g/mol. The largest absolute Gasteiger partial charge is 0.480 e. The number of carbonyl (C=O) groups is 1. The van der Waals surface area contributed by atoms with Gasteiger partial charge in [-0.25, -0.2) is 8.42 Å². The minimum absolute atomic E-state index is 0.0889. The van der Waals surface area contributed by atoms with Gasteiger partial charge in [-0.2, -0.15) is 0 Å². The molecular formula is C12H13NO6S. The van der Waals surface area contributed by atoms with Gasteiger partial charge >= 0.3 is 5.97 Å². The molecule has 1 aliphatic carbocycles. The molecule has 0 aromatic heterocycles. The van der Waals surface area contributed by atoms with E-state index < -0.39 is 32.5 Å². The zero-order valence-corrected chi connectivity index (χ0v) is 11.4. The Balaban J connectivity index is 2.04. The highest BCUT2D eigenvalue weighted by Gasteiger charge is 2.73. The molecule has 1 saturated carbocycles. The summed E-state index contributed by atoms with van der Waals surface area (Å²) in [6.45, 7) is 0.0889. The Labute approximate surface area is 115 Å². The maximum absolute atomic E-state index is 11.7. The third-order valence-electron chi connectivity index (χ3n) is 3.77. The fourth-order valence-corrected chi connectivity index (χ4v) is 4.54. The normalized spacial score (nSPS) is 31.1. The number of carboxylic acid groups (broad SMARTS) is 1. The number of hydrogen-bond acceptors (Lipinski definition) is 6. The molecule has 1 fully saturated rings. The van der Waals surface area contributed by atoms with E-state index in [0.29, 0.717) is 17.1 Å². The van der Waals surface area contributed by atoms with Crippen LogP contribution in [0.1, 0.15) is 11.5 Å². The van der Waals surface area contributed by atoms with Gasteiger partial charge in [0.1, 0.15) is 5.54 Å². The number of rotatable bonds is 3. The van der Waals surface area contributed by atoms with Crippen molar-refractivity contribution in [1.82, 2.24) is 0 Å². The van der Waals surface area contributed by atoms with Crippen molar-refractivity contribution in [3.05, 3.63) is 23.8 Å². The maximum atomic E-state index is 11.7. The Hall–Kier alpha value is -1.80. The van der Waals surface area contributed by atoms with Crippen LogP contribution in [-0.2, 0) is 14.6 Å². The van der Waals surface area contributed by atoms with Crippen LogP contribution in [0.2, 0.25) is 0 Å². The van der Waals surface area contributed by atoms with Crippen molar-refractivity contribution in [2.45, 2.75) is 16.7 Å². The van der Waals surface area contributed by atoms with Crippen LogP contribution in [0.5, 0.6) is 11.5 Å². The lowest BCUT2D eigenvalue weighted by Crippen LogP contribution is -2.39. The highest BCUT2D eigenvalue weighted by molar-refractivity contribution is 7.91. The quantitative estimate of drug-likeness (QED) is 0.787. The van der Waals surface area contributed by atoms with Crippen LogP contribution < -0.4 is 15.2 Å². The second-order valence-corrected chi connectivity index (χ2v) is 7.25. The number of ether oxygens (including phenoxy) is 2. The van der Waals surface area contributed by atoms with Crippen molar-refractivity contribution in [1.29, 1.82) is 0 Å². The Kier molecular flexibility index (Phi) is 2.55. The van der Waals surface area contributed by atoms with Crippen LogP contribution in [-0.4, -0.2) is 43.3 Å². The highest BCUT2D eigenvalue weighted by Crippen LogP contribution is 2.55. The van der Waals surface area contributed by atoms with E-state index in [-0.39, 0.29) is 6.79 Å². The summed E-state index contributed by atoms with van der Waals surface area (Å²) in [5, 5.41) is 8.09. The molecule has 1 heterocycles. The Bertz CT molecular complexity index is 700. The number of benzene rings is 1. The summed E-state index contributed by atoms with van der Waals surface area (Å²) in [6.07, 6.45) is 0.995. The van der Waals surface area contributed by atoms with E-state index in [4.69, 9.17) is 15.2 Å². The minimum Gasteiger partial charge on any atom is -0.480 e. The molecule has 3 atom stereocenters. The van der Waals surface area contributed by atoms with Gasteiger partial charge in [-0.3, -0.25) is 4.79 Å². The van der Waals surface area contributed by atoms with Crippen molar-refractivity contribution in [2.24, 2.45) is 5.73 Å². The highest BCUT2D eigenvalue weighted by atomic mass is 32.2. The summed E-state index contributed by atoms with van der Waals surface area (Å²) < 4.78 is 33.8. The molecule has 3 rings (SSSR count). The zero-order valence-electron chi connectivity index (χ0n) is 10.6. The van der Waals surface area contributed by atoms with Gasteiger partial charge in [0.05, 0.1) is 5.25 Å². The molecule has 108 valence electrons. The van der Waals surface area contributed by atoms with E-state index in [9.17, 15) is 18.3 Å². The van der Waals surface area contributed by atoms with E-state index in [1.54, 1.807) is 18.2 Å². The number of aliphatic carboxylic acids is 1. The van der Waals surface area contributed by atoms with Crippen LogP contribution in [0.4, 0.5) is 0 Å². The molecule has 0 amide bonds. The smallest absolute Gasteiger partial charge is 0.325 e. The average Bonchev–Trinajstić information content (AvgIpc) is 2.79. The van der Waals surface area contributed by atoms with E-state index in [1.807, 2.05) is 0 Å². The molecular weight excluding hydrogens is 286 g/mol. The van der Waals surface area contributed by atoms with Crippen molar-refractivity contribution in [3.8, 4) is 11.5 Å². The fraction of sp³-hybridized carbons (Fsp3) is 0.417. The predicted molar refractivity (Wildman–Crippen MR) is 68.5 cm³/mol. The van der Waals surface area contributed by atoms with Crippen molar-refractivity contribution in [2.75, 3.05) is 13.0 Å². The monoisotopic (exact) mass is 299 g/mol. The first-order chi connectivity index (χ1) is 9.26. The summed E-state index contributed by atoms with van der Waals surface area (Å²) >= 11 is 0. The van der Waals surface area contributed by atoms with E-state index in [2.05, 4.69) is 0 Å².